The number of nitrogens with one attached hydrogen (secondary N) is 1. The minimum absolute atomic E-state index is 0.259. The van der Waals surface area contributed by atoms with Crippen molar-refractivity contribution in [3.63, 3.8) is 0 Å². The van der Waals surface area contributed by atoms with Crippen molar-refractivity contribution >= 4 is 23.2 Å². The van der Waals surface area contributed by atoms with Crippen molar-refractivity contribution in [2.24, 2.45) is 0 Å². The number of carbonyl (C=O) groups excluding carboxylic acids is 1. The van der Waals surface area contributed by atoms with Gasteiger partial charge in [-0.2, -0.15) is 0 Å². The molecule has 5 heteroatoms. The molecule has 0 unspecified atom stereocenters. The van der Waals surface area contributed by atoms with Crippen LogP contribution < -0.4 is 5.32 Å². The zero-order valence-corrected chi connectivity index (χ0v) is 9.90. The van der Waals surface area contributed by atoms with Crippen molar-refractivity contribution in [1.29, 1.82) is 0 Å². The molecule has 0 saturated heterocycles. The van der Waals surface area contributed by atoms with Gasteiger partial charge in [0, 0.05) is 18.1 Å². The van der Waals surface area contributed by atoms with Gasteiger partial charge in [0.1, 0.15) is 10.8 Å². The van der Waals surface area contributed by atoms with Gasteiger partial charge in [-0.15, -0.1) is 0 Å². The monoisotopic (exact) mass is 247 g/mol. The van der Waals surface area contributed by atoms with Crippen LogP contribution in [0.4, 0.5) is 5.69 Å². The number of amides is 1. The number of hydrogen-bond donors (Lipinski definition) is 1. The zero-order chi connectivity index (χ0) is 12.3. The summed E-state index contributed by atoms with van der Waals surface area (Å²) in [5, 5.41) is 3.05. The maximum Gasteiger partial charge on any atom is 0.274 e. The number of halogens is 1. The molecule has 0 fully saturated rings. The highest BCUT2D eigenvalue weighted by molar-refractivity contribution is 6.29. The molecular weight excluding hydrogens is 238 g/mol. The van der Waals surface area contributed by atoms with Crippen LogP contribution in [0, 0.1) is 6.92 Å². The fourth-order valence-corrected chi connectivity index (χ4v) is 1.57. The third-order valence-electron chi connectivity index (χ3n) is 2.21. The van der Waals surface area contributed by atoms with Gasteiger partial charge in [0.15, 0.2) is 0 Å². The highest BCUT2D eigenvalue weighted by Crippen LogP contribution is 2.13. The van der Waals surface area contributed by atoms with E-state index in [4.69, 9.17) is 11.6 Å². The van der Waals surface area contributed by atoms with E-state index in [1.54, 1.807) is 24.4 Å². The summed E-state index contributed by atoms with van der Waals surface area (Å²) in [4.78, 5) is 19.8. The average Bonchev–Trinajstić information content (AvgIpc) is 2.29. The summed E-state index contributed by atoms with van der Waals surface area (Å²) in [5.74, 6) is -0.259. The smallest absolute Gasteiger partial charge is 0.274 e. The van der Waals surface area contributed by atoms with Crippen LogP contribution in [0.25, 0.3) is 0 Å². The molecule has 0 saturated carbocycles. The molecule has 2 rings (SSSR count). The van der Waals surface area contributed by atoms with E-state index in [0.29, 0.717) is 16.5 Å². The lowest BCUT2D eigenvalue weighted by atomic mass is 10.2. The van der Waals surface area contributed by atoms with Gasteiger partial charge in [-0.05, 0) is 30.7 Å². The third kappa shape index (κ3) is 2.79. The normalized spacial score (nSPS) is 10.0. The van der Waals surface area contributed by atoms with Gasteiger partial charge in [0.25, 0.3) is 5.91 Å². The van der Waals surface area contributed by atoms with Crippen LogP contribution >= 0.6 is 11.6 Å². The molecule has 0 aliphatic rings. The minimum atomic E-state index is -0.259. The van der Waals surface area contributed by atoms with Crippen molar-refractivity contribution in [1.82, 2.24) is 9.97 Å². The van der Waals surface area contributed by atoms with E-state index in [1.165, 1.54) is 6.20 Å². The Morgan fingerprint density at radius 1 is 1.29 bits per heavy atom. The molecule has 0 spiro atoms. The maximum atomic E-state index is 11.9. The highest BCUT2D eigenvalue weighted by Gasteiger charge is 2.10. The van der Waals surface area contributed by atoms with Gasteiger partial charge in [0.05, 0.1) is 0 Å². The first-order valence-electron chi connectivity index (χ1n) is 5.01. The number of aromatic nitrogens is 2. The summed E-state index contributed by atoms with van der Waals surface area (Å²) in [5.41, 5.74) is 1.82. The Morgan fingerprint density at radius 2 is 2.12 bits per heavy atom. The Balaban J connectivity index is 2.20. The number of hydrogen-bond acceptors (Lipinski definition) is 3. The molecule has 0 aliphatic heterocycles. The van der Waals surface area contributed by atoms with Gasteiger partial charge < -0.3 is 5.32 Å². The number of pyridine rings is 2. The van der Waals surface area contributed by atoms with Gasteiger partial charge in [-0.3, -0.25) is 9.78 Å². The van der Waals surface area contributed by atoms with Crippen molar-refractivity contribution in [2.45, 2.75) is 6.92 Å². The number of anilines is 1. The molecule has 17 heavy (non-hydrogen) atoms. The first kappa shape index (κ1) is 11.5. The highest BCUT2D eigenvalue weighted by atomic mass is 35.5. The second kappa shape index (κ2) is 4.93. The lowest BCUT2D eigenvalue weighted by molar-refractivity contribution is 0.102. The van der Waals surface area contributed by atoms with E-state index >= 15 is 0 Å². The minimum Gasteiger partial charge on any atom is -0.320 e. The standard InChI is InChI=1S/C12H10ClN3O/c1-8-3-2-5-15-11(8)12(17)16-9-4-6-14-10(13)7-9/h2-7H,1H3,(H,14,16,17). The van der Waals surface area contributed by atoms with Gasteiger partial charge in [-0.1, -0.05) is 17.7 Å². The number of carbonyl (C=O) groups is 1. The molecule has 1 N–H and O–H groups in total. The Labute approximate surface area is 104 Å². The SMILES string of the molecule is Cc1cccnc1C(=O)Nc1ccnc(Cl)c1. The van der Waals surface area contributed by atoms with Crippen LogP contribution in [0.5, 0.6) is 0 Å². The molecule has 0 aliphatic carbocycles. The molecule has 0 bridgehead atoms. The molecule has 2 aromatic heterocycles. The predicted molar refractivity (Wildman–Crippen MR) is 66.2 cm³/mol. The van der Waals surface area contributed by atoms with E-state index < -0.39 is 0 Å². The topological polar surface area (TPSA) is 54.9 Å². The number of aryl methyl sites for hydroxylation is 1. The number of nitrogens with zero attached hydrogens (tertiary/aromatic N) is 2. The van der Waals surface area contributed by atoms with Crippen LogP contribution in [0.3, 0.4) is 0 Å². The zero-order valence-electron chi connectivity index (χ0n) is 9.14. The maximum absolute atomic E-state index is 11.9. The summed E-state index contributed by atoms with van der Waals surface area (Å²) >= 11 is 5.73. The van der Waals surface area contributed by atoms with E-state index in [2.05, 4.69) is 15.3 Å². The van der Waals surface area contributed by atoms with Crippen molar-refractivity contribution < 1.29 is 4.79 Å². The fourth-order valence-electron chi connectivity index (χ4n) is 1.39. The molecule has 86 valence electrons. The quantitative estimate of drug-likeness (QED) is 0.830. The molecule has 4 nitrogen and oxygen atoms in total. The largest absolute Gasteiger partial charge is 0.320 e. The molecule has 2 heterocycles. The van der Waals surface area contributed by atoms with Gasteiger partial charge >= 0.3 is 0 Å². The third-order valence-corrected chi connectivity index (χ3v) is 2.42. The number of rotatable bonds is 2. The average molecular weight is 248 g/mol. The van der Waals surface area contributed by atoms with Crippen LogP contribution in [-0.4, -0.2) is 15.9 Å². The molecule has 1 amide bonds. The van der Waals surface area contributed by atoms with Crippen LogP contribution in [0.15, 0.2) is 36.7 Å². The lowest BCUT2D eigenvalue weighted by Gasteiger charge is -2.06. The Bertz CT molecular complexity index is 557. The Hall–Kier alpha value is -1.94. The van der Waals surface area contributed by atoms with E-state index in [9.17, 15) is 4.79 Å². The fraction of sp³-hybridized carbons (Fsp3) is 0.0833. The van der Waals surface area contributed by atoms with E-state index in [0.717, 1.165) is 5.56 Å². The van der Waals surface area contributed by atoms with Crippen molar-refractivity contribution in [3.05, 3.63) is 53.1 Å². The molecule has 2 aromatic rings. The molecule has 0 atom stereocenters. The summed E-state index contributed by atoms with van der Waals surface area (Å²) < 4.78 is 0. The molecular formula is C12H10ClN3O. The van der Waals surface area contributed by atoms with E-state index in [1.807, 2.05) is 13.0 Å². The summed E-state index contributed by atoms with van der Waals surface area (Å²) in [6.07, 6.45) is 3.12. The first-order valence-corrected chi connectivity index (χ1v) is 5.39. The summed E-state index contributed by atoms with van der Waals surface area (Å²) in [6, 6.07) is 6.87. The summed E-state index contributed by atoms with van der Waals surface area (Å²) in [7, 11) is 0. The Morgan fingerprint density at radius 3 is 2.82 bits per heavy atom. The van der Waals surface area contributed by atoms with Crippen LogP contribution in [-0.2, 0) is 0 Å². The second-order valence-corrected chi connectivity index (χ2v) is 3.88. The summed E-state index contributed by atoms with van der Waals surface area (Å²) in [6.45, 7) is 1.83. The van der Waals surface area contributed by atoms with Crippen molar-refractivity contribution in [2.75, 3.05) is 5.32 Å². The van der Waals surface area contributed by atoms with Gasteiger partial charge in [0.2, 0.25) is 0 Å². The second-order valence-electron chi connectivity index (χ2n) is 3.49. The first-order chi connectivity index (χ1) is 8.16. The van der Waals surface area contributed by atoms with Crippen LogP contribution in [0.2, 0.25) is 5.15 Å². The molecule has 0 radical (unpaired) electrons. The Kier molecular flexibility index (Phi) is 3.35. The van der Waals surface area contributed by atoms with Gasteiger partial charge in [-0.25, -0.2) is 4.98 Å². The molecule has 0 aromatic carbocycles. The van der Waals surface area contributed by atoms with Crippen molar-refractivity contribution in [3.8, 4) is 0 Å². The lowest BCUT2D eigenvalue weighted by Crippen LogP contribution is -2.15. The van der Waals surface area contributed by atoms with E-state index in [-0.39, 0.29) is 5.91 Å². The predicted octanol–water partition coefficient (Wildman–Crippen LogP) is 2.69. The van der Waals surface area contributed by atoms with Crippen LogP contribution in [0.1, 0.15) is 16.1 Å².